The summed E-state index contributed by atoms with van der Waals surface area (Å²) in [5.41, 5.74) is -0.284. The molecule has 0 aliphatic carbocycles. The van der Waals surface area contributed by atoms with Gasteiger partial charge in [0.1, 0.15) is 30.5 Å². The summed E-state index contributed by atoms with van der Waals surface area (Å²) < 4.78 is 45.6. The number of fused-ring (bicyclic) bond motifs is 10. The molecular formula is C15H22N4O11P2. The molecule has 2 unspecified atom stereocenters. The Morgan fingerprint density at radius 3 is 2.59 bits per heavy atom. The predicted octanol–water partition coefficient (Wildman–Crippen LogP) is -0.435. The van der Waals surface area contributed by atoms with E-state index in [1.807, 2.05) is 0 Å². The summed E-state index contributed by atoms with van der Waals surface area (Å²) >= 11 is 0. The Morgan fingerprint density at radius 2 is 1.84 bits per heavy atom. The van der Waals surface area contributed by atoms with Crippen molar-refractivity contribution in [1.29, 1.82) is 0 Å². The summed E-state index contributed by atoms with van der Waals surface area (Å²) in [6, 6.07) is 0. The van der Waals surface area contributed by atoms with E-state index in [0.29, 0.717) is 24.4 Å². The Balaban J connectivity index is 1.72. The second kappa shape index (κ2) is 8.69. The predicted molar refractivity (Wildman–Crippen MR) is 104 cm³/mol. The van der Waals surface area contributed by atoms with Crippen LogP contribution < -0.4 is 5.56 Å². The molecular weight excluding hydrogens is 474 g/mol. The van der Waals surface area contributed by atoms with Gasteiger partial charge < -0.3 is 29.3 Å². The highest BCUT2D eigenvalue weighted by Gasteiger charge is 2.46. The molecule has 32 heavy (non-hydrogen) atoms. The minimum absolute atomic E-state index is 0.0282. The van der Waals surface area contributed by atoms with Crippen LogP contribution in [-0.2, 0) is 33.8 Å². The molecule has 15 nitrogen and oxygen atoms in total. The summed E-state index contributed by atoms with van der Waals surface area (Å²) in [6.45, 7) is 0.958. The highest BCUT2D eigenvalue weighted by Crippen LogP contribution is 2.60. The monoisotopic (exact) mass is 496 g/mol. The molecule has 1 saturated heterocycles. The summed E-state index contributed by atoms with van der Waals surface area (Å²) in [4.78, 5) is 40.9. The summed E-state index contributed by atoms with van der Waals surface area (Å²) in [5.74, 6) is 0.498. The van der Waals surface area contributed by atoms with Crippen molar-refractivity contribution < 1.29 is 47.2 Å². The summed E-state index contributed by atoms with van der Waals surface area (Å²) in [7, 11) is -10.0. The number of hydrogen-bond donors (Lipinski definition) is 4. The first-order chi connectivity index (χ1) is 15.0. The van der Waals surface area contributed by atoms with Crippen molar-refractivity contribution in [2.24, 2.45) is 0 Å². The van der Waals surface area contributed by atoms with E-state index >= 15 is 0 Å². The topological polar surface area (TPSA) is 205 Å². The molecule has 6 bridgehead atoms. The zero-order valence-corrected chi connectivity index (χ0v) is 18.5. The zero-order chi connectivity index (χ0) is 23.3. The maximum atomic E-state index is 13.0. The molecule has 0 spiro atoms. The van der Waals surface area contributed by atoms with Crippen LogP contribution in [0.4, 0.5) is 0 Å². The lowest BCUT2D eigenvalue weighted by Gasteiger charge is -2.19. The van der Waals surface area contributed by atoms with Gasteiger partial charge in [-0.05, 0) is 19.8 Å². The van der Waals surface area contributed by atoms with Gasteiger partial charge in [0.05, 0.1) is 13.2 Å². The number of phosphoric ester groups is 2. The Hall–Kier alpha value is -1.51. The van der Waals surface area contributed by atoms with Gasteiger partial charge in [-0.3, -0.25) is 18.4 Å². The van der Waals surface area contributed by atoms with Gasteiger partial charge in [0.2, 0.25) is 0 Å². The number of aliphatic hydroxyl groups is 2. The second-order valence-corrected chi connectivity index (χ2v) is 10.4. The van der Waals surface area contributed by atoms with E-state index in [2.05, 4.69) is 18.8 Å². The smallest absolute Gasteiger partial charge is 0.387 e. The van der Waals surface area contributed by atoms with E-state index in [-0.39, 0.29) is 18.5 Å². The summed E-state index contributed by atoms with van der Waals surface area (Å²) in [6.07, 6.45) is -4.14. The first kappa shape index (κ1) is 23.6. The fraction of sp³-hybridized carbons (Fsp3) is 0.667. The molecule has 178 valence electrons. The average molecular weight is 496 g/mol. The highest BCUT2D eigenvalue weighted by molar-refractivity contribution is 7.61. The molecule has 3 aliphatic heterocycles. The van der Waals surface area contributed by atoms with E-state index in [4.69, 9.17) is 9.26 Å². The second-order valence-electron chi connectivity index (χ2n) is 7.34. The van der Waals surface area contributed by atoms with Crippen LogP contribution in [0.3, 0.4) is 0 Å². The number of hydrogen-bond acceptors (Lipinski definition) is 11. The fourth-order valence-corrected chi connectivity index (χ4v) is 5.68. The summed E-state index contributed by atoms with van der Waals surface area (Å²) in [5, 5.41) is 20.6. The Kier molecular flexibility index (Phi) is 6.42. The lowest BCUT2D eigenvalue weighted by Crippen LogP contribution is -2.35. The van der Waals surface area contributed by atoms with Crippen molar-refractivity contribution in [2.45, 2.75) is 50.8 Å². The van der Waals surface area contributed by atoms with Gasteiger partial charge in [-0.2, -0.15) is 4.31 Å². The minimum Gasteiger partial charge on any atom is -0.387 e. The molecule has 2 aromatic rings. The van der Waals surface area contributed by atoms with Crippen LogP contribution in [0.1, 0.15) is 24.9 Å². The third kappa shape index (κ3) is 4.59. The fourth-order valence-electron chi connectivity index (χ4n) is 3.56. The van der Waals surface area contributed by atoms with Crippen molar-refractivity contribution in [3.8, 4) is 0 Å². The number of aromatic nitrogens is 4. The molecule has 3 aliphatic rings. The van der Waals surface area contributed by atoms with E-state index in [1.165, 1.54) is 0 Å². The van der Waals surface area contributed by atoms with Crippen LogP contribution in [0, 0.1) is 6.92 Å². The zero-order valence-electron chi connectivity index (χ0n) is 16.8. The molecule has 2 aromatic heterocycles. The number of aliphatic hydroxyl groups excluding tert-OH is 2. The largest absolute Gasteiger partial charge is 0.481 e. The van der Waals surface area contributed by atoms with E-state index in [9.17, 15) is 33.9 Å². The van der Waals surface area contributed by atoms with Crippen molar-refractivity contribution in [3.05, 3.63) is 22.5 Å². The number of ether oxygens (including phenoxy) is 1. The van der Waals surface area contributed by atoms with Crippen LogP contribution in [0.15, 0.2) is 11.1 Å². The van der Waals surface area contributed by atoms with Gasteiger partial charge in [0, 0.05) is 6.54 Å². The lowest BCUT2D eigenvalue weighted by atomic mass is 10.1. The maximum absolute atomic E-state index is 13.0. The Labute approximate surface area is 180 Å². The number of aryl methyl sites for hydroxylation is 2. The van der Waals surface area contributed by atoms with Crippen LogP contribution >= 0.6 is 15.6 Å². The molecule has 17 heteroatoms. The maximum Gasteiger partial charge on any atom is 0.481 e. The standard InChI is InChI=1S/C15H22N4O11P2/c1-8-17-10-13-16-7-19(14(10)22)15-12(21)11(20)9(29-15)6-28-32(25,26)30-31(23,24)27-5-3-2-4-18(8)13/h7,9,11-12,15,20-21H,2-6H2,1H3,(H,23,24)(H,25,26)/t9-,11-,12-,15-/m1/s1. The van der Waals surface area contributed by atoms with Gasteiger partial charge in [-0.15, -0.1) is 0 Å². The first-order valence-corrected chi connectivity index (χ1v) is 12.6. The Morgan fingerprint density at radius 1 is 1.12 bits per heavy atom. The van der Waals surface area contributed by atoms with Gasteiger partial charge in [-0.1, -0.05) is 0 Å². The van der Waals surface area contributed by atoms with Crippen LogP contribution in [0.25, 0.3) is 11.2 Å². The number of nitrogens with zero attached hydrogens (tertiary/aromatic N) is 4. The molecule has 4 N–H and O–H groups in total. The van der Waals surface area contributed by atoms with Gasteiger partial charge in [0.25, 0.3) is 5.56 Å². The van der Waals surface area contributed by atoms with Gasteiger partial charge in [0.15, 0.2) is 17.4 Å². The molecule has 0 radical (unpaired) electrons. The van der Waals surface area contributed by atoms with Crippen molar-refractivity contribution >= 4 is 26.8 Å². The van der Waals surface area contributed by atoms with Crippen molar-refractivity contribution in [3.63, 3.8) is 0 Å². The number of imidazole rings is 1. The quantitative estimate of drug-likeness (QED) is 0.342. The molecule has 0 saturated carbocycles. The normalized spacial score (nSPS) is 37.0. The van der Waals surface area contributed by atoms with Gasteiger partial charge >= 0.3 is 15.6 Å². The van der Waals surface area contributed by atoms with Crippen molar-refractivity contribution in [2.75, 3.05) is 13.2 Å². The molecule has 5 heterocycles. The SMILES string of the molecule is Cc1nc2c(=O)n3cnc2n1CCCCOP(=O)(O)OP(=O)(O)OC[C@H]1O[C@@H]3[C@H](O)[C@@H]1O. The van der Waals surface area contributed by atoms with Crippen molar-refractivity contribution in [1.82, 2.24) is 19.1 Å². The lowest BCUT2D eigenvalue weighted by molar-refractivity contribution is -0.0539. The van der Waals surface area contributed by atoms with Gasteiger partial charge in [-0.25, -0.2) is 19.1 Å². The first-order valence-electron chi connectivity index (χ1n) is 9.61. The molecule has 1 fully saturated rings. The van der Waals surface area contributed by atoms with Crippen LogP contribution in [0.2, 0.25) is 0 Å². The molecule has 0 amide bonds. The highest BCUT2D eigenvalue weighted by atomic mass is 31.3. The van der Waals surface area contributed by atoms with Crippen LogP contribution in [0.5, 0.6) is 0 Å². The molecule has 5 rings (SSSR count). The Bertz CT molecular complexity index is 1170. The number of rotatable bonds is 0. The molecule has 6 atom stereocenters. The average Bonchev–Trinajstić information content (AvgIpc) is 3.16. The number of phosphoric acid groups is 2. The molecule has 0 aromatic carbocycles. The van der Waals surface area contributed by atoms with E-state index in [1.54, 1.807) is 11.5 Å². The third-order valence-corrected chi connectivity index (χ3v) is 7.76. The minimum atomic E-state index is -5.09. The van der Waals surface area contributed by atoms with E-state index < -0.39 is 52.4 Å². The van der Waals surface area contributed by atoms with E-state index in [0.717, 1.165) is 10.9 Å². The third-order valence-electron chi connectivity index (χ3n) is 5.12. The van der Waals surface area contributed by atoms with Crippen LogP contribution in [-0.4, -0.2) is 70.6 Å².